The molecule has 0 atom stereocenters. The molecule has 4 nitrogen and oxygen atoms in total. The van der Waals surface area contributed by atoms with Crippen molar-refractivity contribution in [2.45, 2.75) is 6.92 Å². The molecule has 0 aliphatic carbocycles. The van der Waals surface area contributed by atoms with Crippen molar-refractivity contribution in [3.8, 4) is 0 Å². The summed E-state index contributed by atoms with van der Waals surface area (Å²) in [5.74, 6) is -0.283. The second-order valence-corrected chi connectivity index (χ2v) is 5.88. The number of hydrogen-bond acceptors (Lipinski definition) is 3. The Morgan fingerprint density at radius 3 is 2.46 bits per heavy atom. The van der Waals surface area contributed by atoms with Gasteiger partial charge in [-0.05, 0) is 67.1 Å². The van der Waals surface area contributed by atoms with Crippen molar-refractivity contribution in [1.29, 1.82) is 0 Å². The quantitative estimate of drug-likeness (QED) is 0.547. The number of carbonyl (C=O) groups is 2. The van der Waals surface area contributed by atoms with Crippen LogP contribution in [0.15, 0.2) is 79.1 Å². The van der Waals surface area contributed by atoms with E-state index in [0.29, 0.717) is 16.8 Å². The van der Waals surface area contributed by atoms with E-state index in [1.54, 1.807) is 48.8 Å². The molecule has 0 spiro atoms. The van der Waals surface area contributed by atoms with Gasteiger partial charge < -0.3 is 5.32 Å². The van der Waals surface area contributed by atoms with Crippen molar-refractivity contribution in [3.63, 3.8) is 0 Å². The van der Waals surface area contributed by atoms with Crippen LogP contribution in [0.2, 0.25) is 0 Å². The van der Waals surface area contributed by atoms with Gasteiger partial charge >= 0.3 is 0 Å². The third kappa shape index (κ3) is 4.51. The van der Waals surface area contributed by atoms with E-state index in [0.717, 1.165) is 11.1 Å². The highest BCUT2D eigenvalue weighted by Crippen LogP contribution is 2.13. The van der Waals surface area contributed by atoms with Gasteiger partial charge in [0.25, 0.3) is 5.91 Å². The maximum atomic E-state index is 12.2. The number of anilines is 1. The molecular formula is C22H18N2O2. The molecule has 2 aromatic carbocycles. The molecule has 1 aromatic heterocycles. The molecule has 128 valence electrons. The monoisotopic (exact) mass is 342 g/mol. The number of allylic oxidation sites excluding steroid dienone is 1. The Hall–Kier alpha value is -3.53. The molecule has 1 amide bonds. The molecule has 0 saturated heterocycles. The molecule has 3 aromatic rings. The number of pyridine rings is 1. The minimum atomic E-state index is -0.177. The Morgan fingerprint density at radius 2 is 1.77 bits per heavy atom. The first-order valence-corrected chi connectivity index (χ1v) is 8.22. The lowest BCUT2D eigenvalue weighted by molar-refractivity contribution is 0.102. The average Bonchev–Trinajstić information content (AvgIpc) is 2.67. The third-order valence-electron chi connectivity index (χ3n) is 3.82. The summed E-state index contributed by atoms with van der Waals surface area (Å²) in [6.45, 7) is 1.94. The molecule has 0 radical (unpaired) electrons. The van der Waals surface area contributed by atoms with Crippen LogP contribution in [0.25, 0.3) is 6.08 Å². The highest BCUT2D eigenvalue weighted by atomic mass is 16.1. The van der Waals surface area contributed by atoms with Crippen LogP contribution in [-0.4, -0.2) is 16.7 Å². The average molecular weight is 342 g/mol. The summed E-state index contributed by atoms with van der Waals surface area (Å²) in [6.07, 6.45) is 6.61. The standard InChI is InChI=1S/C22H18N2O2/c1-16-4-2-6-19(14-16)22(26)24-20-10-8-18(9-11-20)21(25)12-7-17-5-3-13-23-15-17/h2-15H,1H3,(H,24,26)/b12-7+. The summed E-state index contributed by atoms with van der Waals surface area (Å²) >= 11 is 0. The first kappa shape index (κ1) is 17.3. The predicted octanol–water partition coefficient (Wildman–Crippen LogP) is 4.54. The third-order valence-corrected chi connectivity index (χ3v) is 3.82. The number of ketones is 1. The highest BCUT2D eigenvalue weighted by Gasteiger charge is 2.07. The Balaban J connectivity index is 1.65. The Kier molecular flexibility index (Phi) is 5.34. The lowest BCUT2D eigenvalue weighted by Crippen LogP contribution is -2.12. The van der Waals surface area contributed by atoms with E-state index < -0.39 is 0 Å². The van der Waals surface area contributed by atoms with Gasteiger partial charge in [-0.25, -0.2) is 0 Å². The van der Waals surface area contributed by atoms with E-state index >= 15 is 0 Å². The molecule has 0 unspecified atom stereocenters. The van der Waals surface area contributed by atoms with Crippen molar-refractivity contribution >= 4 is 23.5 Å². The highest BCUT2D eigenvalue weighted by molar-refractivity contribution is 6.08. The molecule has 3 rings (SSSR count). The van der Waals surface area contributed by atoms with E-state index in [9.17, 15) is 9.59 Å². The second-order valence-electron chi connectivity index (χ2n) is 5.88. The van der Waals surface area contributed by atoms with E-state index in [1.165, 1.54) is 6.08 Å². The van der Waals surface area contributed by atoms with Gasteiger partial charge in [0.15, 0.2) is 5.78 Å². The molecule has 0 fully saturated rings. The number of benzene rings is 2. The lowest BCUT2D eigenvalue weighted by atomic mass is 10.1. The number of aromatic nitrogens is 1. The van der Waals surface area contributed by atoms with Crippen molar-refractivity contribution in [3.05, 3.63) is 101 Å². The molecular weight excluding hydrogens is 324 g/mol. The Bertz CT molecular complexity index is 945. The summed E-state index contributed by atoms with van der Waals surface area (Å²) in [6, 6.07) is 17.9. The number of hydrogen-bond donors (Lipinski definition) is 1. The van der Waals surface area contributed by atoms with E-state index in [4.69, 9.17) is 0 Å². The fraction of sp³-hybridized carbons (Fsp3) is 0.0455. The van der Waals surface area contributed by atoms with Gasteiger partial charge in [0.05, 0.1) is 0 Å². The van der Waals surface area contributed by atoms with Crippen LogP contribution in [0.5, 0.6) is 0 Å². The van der Waals surface area contributed by atoms with Gasteiger partial charge in [-0.15, -0.1) is 0 Å². The van der Waals surface area contributed by atoms with Gasteiger partial charge in [-0.3, -0.25) is 14.6 Å². The normalized spacial score (nSPS) is 10.7. The number of rotatable bonds is 5. The zero-order valence-electron chi connectivity index (χ0n) is 14.3. The predicted molar refractivity (Wildman–Crippen MR) is 103 cm³/mol. The zero-order valence-corrected chi connectivity index (χ0v) is 14.3. The van der Waals surface area contributed by atoms with E-state index in [1.807, 2.05) is 37.3 Å². The van der Waals surface area contributed by atoms with Crippen LogP contribution < -0.4 is 5.32 Å². The van der Waals surface area contributed by atoms with Crippen LogP contribution in [-0.2, 0) is 0 Å². The zero-order chi connectivity index (χ0) is 18.4. The van der Waals surface area contributed by atoms with Crippen LogP contribution in [0.1, 0.15) is 31.8 Å². The molecule has 0 bridgehead atoms. The first-order chi connectivity index (χ1) is 12.6. The summed E-state index contributed by atoms with van der Waals surface area (Å²) in [5, 5.41) is 2.83. The number of carbonyl (C=O) groups excluding carboxylic acids is 2. The summed E-state index contributed by atoms with van der Waals surface area (Å²) in [5.41, 5.74) is 3.69. The van der Waals surface area contributed by atoms with Gasteiger partial charge in [-0.2, -0.15) is 0 Å². The number of aryl methyl sites for hydroxylation is 1. The van der Waals surface area contributed by atoms with Crippen molar-refractivity contribution < 1.29 is 9.59 Å². The fourth-order valence-electron chi connectivity index (χ4n) is 2.45. The second kappa shape index (κ2) is 8.03. The van der Waals surface area contributed by atoms with Gasteiger partial charge in [0.1, 0.15) is 0 Å². The van der Waals surface area contributed by atoms with Crippen molar-refractivity contribution in [2.75, 3.05) is 5.32 Å². The van der Waals surface area contributed by atoms with E-state index in [2.05, 4.69) is 10.3 Å². The fourth-order valence-corrected chi connectivity index (χ4v) is 2.45. The van der Waals surface area contributed by atoms with Gasteiger partial charge in [-0.1, -0.05) is 23.8 Å². The van der Waals surface area contributed by atoms with Crippen LogP contribution in [0, 0.1) is 6.92 Å². The molecule has 1 N–H and O–H groups in total. The topological polar surface area (TPSA) is 59.1 Å². The summed E-state index contributed by atoms with van der Waals surface area (Å²) in [4.78, 5) is 28.5. The number of nitrogens with zero attached hydrogens (tertiary/aromatic N) is 1. The van der Waals surface area contributed by atoms with Crippen LogP contribution in [0.3, 0.4) is 0 Å². The minimum absolute atomic E-state index is 0.106. The Morgan fingerprint density at radius 1 is 0.962 bits per heavy atom. The number of amides is 1. The molecule has 0 aliphatic rings. The smallest absolute Gasteiger partial charge is 0.255 e. The van der Waals surface area contributed by atoms with Gasteiger partial charge in [0, 0.05) is 29.2 Å². The van der Waals surface area contributed by atoms with E-state index in [-0.39, 0.29) is 11.7 Å². The summed E-state index contributed by atoms with van der Waals surface area (Å²) < 4.78 is 0. The van der Waals surface area contributed by atoms with Crippen LogP contribution >= 0.6 is 0 Å². The maximum Gasteiger partial charge on any atom is 0.255 e. The SMILES string of the molecule is Cc1cccc(C(=O)Nc2ccc(C(=O)/C=C/c3cccnc3)cc2)c1. The van der Waals surface area contributed by atoms with Crippen molar-refractivity contribution in [2.24, 2.45) is 0 Å². The molecule has 26 heavy (non-hydrogen) atoms. The maximum absolute atomic E-state index is 12.2. The molecule has 1 heterocycles. The van der Waals surface area contributed by atoms with Gasteiger partial charge in [0.2, 0.25) is 0 Å². The van der Waals surface area contributed by atoms with Crippen LogP contribution in [0.4, 0.5) is 5.69 Å². The molecule has 0 saturated carbocycles. The Labute approximate surface area is 152 Å². The minimum Gasteiger partial charge on any atom is -0.322 e. The first-order valence-electron chi connectivity index (χ1n) is 8.22. The molecule has 4 heteroatoms. The number of nitrogens with one attached hydrogen (secondary N) is 1. The largest absolute Gasteiger partial charge is 0.322 e. The lowest BCUT2D eigenvalue weighted by Gasteiger charge is -2.06. The summed E-state index contributed by atoms with van der Waals surface area (Å²) in [7, 11) is 0. The molecule has 0 aliphatic heterocycles. The van der Waals surface area contributed by atoms with Crippen molar-refractivity contribution in [1.82, 2.24) is 4.98 Å².